The van der Waals surface area contributed by atoms with Crippen molar-refractivity contribution in [2.75, 3.05) is 7.11 Å². The lowest BCUT2D eigenvalue weighted by atomic mass is 9.83. The summed E-state index contributed by atoms with van der Waals surface area (Å²) in [5, 5.41) is 22.0. The fraction of sp³-hybridized carbons (Fsp3) is 0.500. The first-order chi connectivity index (χ1) is 9.04. The second-order valence-electron chi connectivity index (χ2n) is 5.77. The average molecular weight is 281 g/mol. The molecule has 6 heteroatoms. The van der Waals surface area contributed by atoms with E-state index in [1.165, 1.54) is 20.1 Å². The Morgan fingerprint density at radius 2 is 1.80 bits per heavy atom. The normalized spacial score (nSPS) is 14.5. The van der Waals surface area contributed by atoms with Crippen LogP contribution >= 0.6 is 0 Å². The van der Waals surface area contributed by atoms with Crippen LogP contribution in [-0.2, 0) is 11.1 Å². The Morgan fingerprint density at radius 1 is 1.25 bits per heavy atom. The van der Waals surface area contributed by atoms with E-state index in [2.05, 4.69) is 5.18 Å². The number of carbonyl (C=O) groups is 1. The molecule has 0 saturated carbocycles. The summed E-state index contributed by atoms with van der Waals surface area (Å²) in [5.41, 5.74) is -1.82. The van der Waals surface area contributed by atoms with Gasteiger partial charge in [0.1, 0.15) is 11.3 Å². The van der Waals surface area contributed by atoms with Gasteiger partial charge in [-0.05, 0) is 35.2 Å². The van der Waals surface area contributed by atoms with Gasteiger partial charge in [-0.1, -0.05) is 20.8 Å². The molecule has 20 heavy (non-hydrogen) atoms. The largest absolute Gasteiger partial charge is 0.495 e. The van der Waals surface area contributed by atoms with Crippen molar-refractivity contribution in [1.29, 1.82) is 0 Å². The first kappa shape index (κ1) is 16.1. The number of nitroso groups, excluding NO2 is 1. The third-order valence-corrected chi connectivity index (χ3v) is 3.08. The predicted molar refractivity (Wildman–Crippen MR) is 74.0 cm³/mol. The molecular formula is C14H19NO5. The van der Waals surface area contributed by atoms with Gasteiger partial charge in [0.25, 0.3) is 0 Å². The molecule has 0 bridgehead atoms. The molecule has 0 aromatic heterocycles. The minimum absolute atomic E-state index is 0.0415. The lowest BCUT2D eigenvalue weighted by molar-refractivity contribution is 0.0615. The van der Waals surface area contributed by atoms with Gasteiger partial charge in [-0.25, -0.2) is 4.79 Å². The van der Waals surface area contributed by atoms with Gasteiger partial charge in [0.2, 0.25) is 5.72 Å². The lowest BCUT2D eigenvalue weighted by Crippen LogP contribution is -2.22. The van der Waals surface area contributed by atoms with Gasteiger partial charge in [-0.3, -0.25) is 0 Å². The molecule has 2 N–H and O–H groups in total. The summed E-state index contributed by atoms with van der Waals surface area (Å²) in [4.78, 5) is 22.2. The first-order valence-electron chi connectivity index (χ1n) is 6.07. The van der Waals surface area contributed by atoms with Crippen LogP contribution in [0.3, 0.4) is 0 Å². The van der Waals surface area contributed by atoms with Gasteiger partial charge < -0.3 is 14.9 Å². The lowest BCUT2D eigenvalue weighted by Gasteiger charge is -2.25. The fourth-order valence-electron chi connectivity index (χ4n) is 1.84. The zero-order valence-electron chi connectivity index (χ0n) is 12.2. The number of nitrogens with zero attached hydrogens (tertiary/aromatic N) is 1. The maximum atomic E-state index is 11.4. The van der Waals surface area contributed by atoms with Crippen LogP contribution in [0.25, 0.3) is 0 Å². The summed E-state index contributed by atoms with van der Waals surface area (Å²) >= 11 is 0. The summed E-state index contributed by atoms with van der Waals surface area (Å²) in [6.45, 7) is 6.88. The highest BCUT2D eigenvalue weighted by Crippen LogP contribution is 2.38. The molecule has 0 spiro atoms. The van der Waals surface area contributed by atoms with Crippen LogP contribution in [0, 0.1) is 4.91 Å². The molecule has 6 nitrogen and oxygen atoms in total. The Labute approximate surface area is 117 Å². The smallest absolute Gasteiger partial charge is 0.339 e. The van der Waals surface area contributed by atoms with Crippen LogP contribution in [0.2, 0.25) is 0 Å². The van der Waals surface area contributed by atoms with Crippen molar-refractivity contribution in [2.45, 2.75) is 38.8 Å². The minimum Gasteiger partial charge on any atom is -0.495 e. The monoisotopic (exact) mass is 281 g/mol. The van der Waals surface area contributed by atoms with E-state index in [1.807, 2.05) is 20.8 Å². The summed E-state index contributed by atoms with van der Waals surface area (Å²) in [6, 6.07) is 3.03. The Kier molecular flexibility index (Phi) is 4.19. The average Bonchev–Trinajstić information content (AvgIpc) is 2.35. The van der Waals surface area contributed by atoms with Crippen LogP contribution in [0.15, 0.2) is 17.3 Å². The molecule has 0 saturated heterocycles. The Morgan fingerprint density at radius 3 is 2.15 bits per heavy atom. The van der Waals surface area contributed by atoms with E-state index in [0.717, 1.165) is 0 Å². The molecular weight excluding hydrogens is 262 g/mol. The molecule has 0 aliphatic heterocycles. The SMILES string of the molecule is COc1c(C(=O)O)cc(C(C)(C)C)cc1C(C)(O)N=O. The second kappa shape index (κ2) is 5.20. The fourth-order valence-corrected chi connectivity index (χ4v) is 1.84. The van der Waals surface area contributed by atoms with Gasteiger partial charge >= 0.3 is 5.97 Å². The molecule has 0 aliphatic carbocycles. The van der Waals surface area contributed by atoms with E-state index in [1.54, 1.807) is 6.07 Å². The third-order valence-electron chi connectivity index (χ3n) is 3.08. The third kappa shape index (κ3) is 2.96. The highest BCUT2D eigenvalue weighted by atomic mass is 16.5. The van der Waals surface area contributed by atoms with Crippen LogP contribution in [0.4, 0.5) is 0 Å². The Bertz CT molecular complexity index is 543. The van der Waals surface area contributed by atoms with E-state index in [0.29, 0.717) is 5.56 Å². The summed E-state index contributed by atoms with van der Waals surface area (Å²) in [5.74, 6) is -1.26. The zero-order chi connectivity index (χ0) is 15.7. The van der Waals surface area contributed by atoms with Gasteiger partial charge in [0, 0.05) is 0 Å². The molecule has 1 aromatic carbocycles. The Balaban J connectivity index is 3.76. The van der Waals surface area contributed by atoms with Crippen LogP contribution in [0.5, 0.6) is 5.75 Å². The zero-order valence-corrected chi connectivity index (χ0v) is 12.2. The molecule has 0 fully saturated rings. The number of aliphatic hydroxyl groups is 1. The number of ether oxygens (including phenoxy) is 1. The molecule has 1 rings (SSSR count). The number of carboxylic acids is 1. The maximum Gasteiger partial charge on any atom is 0.339 e. The number of carboxylic acid groups (broad SMARTS) is 1. The molecule has 1 atom stereocenters. The van der Waals surface area contributed by atoms with Crippen LogP contribution in [0.1, 0.15) is 49.2 Å². The number of methoxy groups -OCH3 is 1. The number of hydrogen-bond acceptors (Lipinski definition) is 5. The number of rotatable bonds is 4. The highest BCUT2D eigenvalue weighted by Gasteiger charge is 2.33. The van der Waals surface area contributed by atoms with Gasteiger partial charge in [-0.15, -0.1) is 4.91 Å². The van der Waals surface area contributed by atoms with Crippen molar-refractivity contribution >= 4 is 5.97 Å². The number of aromatic carboxylic acids is 1. The van der Waals surface area contributed by atoms with Crippen molar-refractivity contribution in [2.24, 2.45) is 5.18 Å². The molecule has 0 heterocycles. The summed E-state index contributed by atoms with van der Waals surface area (Å²) < 4.78 is 5.05. The topological polar surface area (TPSA) is 96.2 Å². The van der Waals surface area contributed by atoms with Gasteiger partial charge in [-0.2, -0.15) is 0 Å². The van der Waals surface area contributed by atoms with Crippen molar-refractivity contribution in [3.63, 3.8) is 0 Å². The van der Waals surface area contributed by atoms with Crippen molar-refractivity contribution in [3.8, 4) is 5.75 Å². The summed E-state index contributed by atoms with van der Waals surface area (Å²) in [6.07, 6.45) is 0. The van der Waals surface area contributed by atoms with Crippen molar-refractivity contribution < 1.29 is 19.7 Å². The molecule has 1 unspecified atom stereocenters. The van der Waals surface area contributed by atoms with Gasteiger partial charge in [0.15, 0.2) is 0 Å². The van der Waals surface area contributed by atoms with E-state index in [4.69, 9.17) is 4.74 Å². The molecule has 110 valence electrons. The maximum absolute atomic E-state index is 11.4. The Hall–Kier alpha value is -1.95. The molecule has 1 aromatic rings. The molecule has 0 amide bonds. The molecule has 0 aliphatic rings. The van der Waals surface area contributed by atoms with Crippen molar-refractivity contribution in [3.05, 3.63) is 33.7 Å². The second-order valence-corrected chi connectivity index (χ2v) is 5.77. The minimum atomic E-state index is -2.06. The number of hydrogen-bond donors (Lipinski definition) is 2. The predicted octanol–water partition coefficient (Wildman–Crippen LogP) is 2.62. The standard InChI is InChI=1S/C14H19NO5/c1-13(2,3)8-6-9(12(16)17)11(20-5)10(7-8)14(4,18)15-19/h6-7,18H,1-5H3,(H,16,17). The quantitative estimate of drug-likeness (QED) is 0.827. The first-order valence-corrected chi connectivity index (χ1v) is 6.07. The summed E-state index contributed by atoms with van der Waals surface area (Å²) in [7, 11) is 1.28. The van der Waals surface area contributed by atoms with Crippen molar-refractivity contribution in [1.82, 2.24) is 0 Å². The molecule has 0 radical (unpaired) electrons. The van der Waals surface area contributed by atoms with E-state index < -0.39 is 11.7 Å². The van der Waals surface area contributed by atoms with Crippen LogP contribution in [-0.4, -0.2) is 23.3 Å². The van der Waals surface area contributed by atoms with E-state index >= 15 is 0 Å². The van der Waals surface area contributed by atoms with Gasteiger partial charge in [0.05, 0.1) is 12.7 Å². The van der Waals surface area contributed by atoms with E-state index in [-0.39, 0.29) is 22.3 Å². The highest BCUT2D eigenvalue weighted by molar-refractivity contribution is 5.92. The number of benzene rings is 1. The van der Waals surface area contributed by atoms with E-state index in [9.17, 15) is 19.9 Å². The van der Waals surface area contributed by atoms with Crippen LogP contribution < -0.4 is 4.74 Å².